The van der Waals surface area contributed by atoms with E-state index in [9.17, 15) is 24.0 Å². The van der Waals surface area contributed by atoms with Gasteiger partial charge in [-0.15, -0.1) is 0 Å². The van der Waals surface area contributed by atoms with Gasteiger partial charge < -0.3 is 42.6 Å². The maximum Gasteiger partial charge on any atom is 0.338 e. The van der Waals surface area contributed by atoms with Gasteiger partial charge in [0.15, 0.2) is 43.1 Å². The molecule has 4 rings (SSSR count). The van der Waals surface area contributed by atoms with Crippen molar-refractivity contribution >= 4 is 29.8 Å². The fraction of sp³-hybridized carbons (Fsp3) is 0.469. The van der Waals surface area contributed by atoms with E-state index in [1.807, 2.05) is 0 Å². The van der Waals surface area contributed by atoms with E-state index in [0.29, 0.717) is 0 Å². The van der Waals surface area contributed by atoms with Crippen LogP contribution in [-0.2, 0) is 57.0 Å². The molecule has 0 radical (unpaired) electrons. The van der Waals surface area contributed by atoms with Gasteiger partial charge in [0.05, 0.1) is 23.8 Å². The molecule has 2 heterocycles. The number of carbonyl (C=O) groups excluding carboxylic acids is 5. The third kappa shape index (κ3) is 8.66. The molecule has 0 amide bonds. The normalized spacial score (nSPS) is 29.1. The molecule has 2 saturated heterocycles. The van der Waals surface area contributed by atoms with E-state index >= 15 is 0 Å². The van der Waals surface area contributed by atoms with Gasteiger partial charge in [0, 0.05) is 27.9 Å². The van der Waals surface area contributed by atoms with Gasteiger partial charge in [0.1, 0.15) is 6.10 Å². The highest BCUT2D eigenvalue weighted by Gasteiger charge is 2.54. The quantitative estimate of drug-likeness (QED) is 0.273. The van der Waals surface area contributed by atoms with Gasteiger partial charge in [-0.1, -0.05) is 36.4 Å². The molecule has 0 aliphatic carbocycles. The van der Waals surface area contributed by atoms with Crippen LogP contribution in [0.2, 0.25) is 0 Å². The van der Waals surface area contributed by atoms with Crippen molar-refractivity contribution in [1.29, 1.82) is 0 Å². The molecular weight excluding hydrogens is 608 g/mol. The molecule has 0 saturated carbocycles. The first kappa shape index (κ1) is 34.5. The Kier molecular flexibility index (Phi) is 11.8. The standard InChI is InChI=1S/C32H36O14/c1-17-24(41-18(2)33)26(42-19(3)34)28(43-20(4)35)32(40-17)44-23-16-39-31(38-5)27(46-30(37)22-14-10-7-11-15-22)25(23)45-29(36)21-12-8-6-9-13-21/h6-15,17,23-28,31-32H,16H2,1-5H3/t17-,23+,24+,25-,26+,27-,28+,31+,32-/m1/s1. The molecule has 2 aliphatic rings. The van der Waals surface area contributed by atoms with Crippen LogP contribution in [-0.4, -0.2) is 98.9 Å². The average molecular weight is 645 g/mol. The highest BCUT2D eigenvalue weighted by atomic mass is 16.8. The highest BCUT2D eigenvalue weighted by Crippen LogP contribution is 2.33. The SMILES string of the molecule is CO[C@H]1OC[C@H](O[C@H]2O[C@H](C)[C@H](OC(C)=O)[C@H](OC(C)=O)[C@@H]2OC(C)=O)[C@@H](OC(=O)c2ccccc2)[C@H]1OC(=O)c1ccccc1. The number of ether oxygens (including phenoxy) is 9. The molecule has 0 bridgehead atoms. The van der Waals surface area contributed by atoms with Gasteiger partial charge >= 0.3 is 29.8 Å². The summed E-state index contributed by atoms with van der Waals surface area (Å²) in [6, 6.07) is 16.2. The molecule has 2 aromatic carbocycles. The molecule has 46 heavy (non-hydrogen) atoms. The van der Waals surface area contributed by atoms with E-state index in [1.165, 1.54) is 19.2 Å². The average Bonchev–Trinajstić information content (AvgIpc) is 3.02. The van der Waals surface area contributed by atoms with Gasteiger partial charge in [-0.3, -0.25) is 14.4 Å². The van der Waals surface area contributed by atoms with Crippen LogP contribution in [0.4, 0.5) is 0 Å². The first-order valence-corrected chi connectivity index (χ1v) is 14.5. The summed E-state index contributed by atoms with van der Waals surface area (Å²) in [6.07, 6.45) is -11.5. The van der Waals surface area contributed by atoms with Crippen molar-refractivity contribution in [3.63, 3.8) is 0 Å². The van der Waals surface area contributed by atoms with E-state index < -0.39 is 85.2 Å². The second-order valence-electron chi connectivity index (χ2n) is 10.5. The molecule has 2 aromatic rings. The summed E-state index contributed by atoms with van der Waals surface area (Å²) >= 11 is 0. The lowest BCUT2D eigenvalue weighted by molar-refractivity contribution is -0.338. The summed E-state index contributed by atoms with van der Waals surface area (Å²) in [4.78, 5) is 62.7. The van der Waals surface area contributed by atoms with Crippen LogP contribution in [0.1, 0.15) is 48.4 Å². The molecule has 0 spiro atoms. The smallest absolute Gasteiger partial charge is 0.338 e. The van der Waals surface area contributed by atoms with Crippen LogP contribution in [0.5, 0.6) is 0 Å². The Hall–Kier alpha value is -4.37. The predicted molar refractivity (Wildman–Crippen MR) is 154 cm³/mol. The molecule has 0 N–H and O–H groups in total. The van der Waals surface area contributed by atoms with Crippen LogP contribution < -0.4 is 0 Å². The second kappa shape index (κ2) is 15.8. The second-order valence-corrected chi connectivity index (χ2v) is 10.5. The highest BCUT2D eigenvalue weighted by molar-refractivity contribution is 5.90. The van der Waals surface area contributed by atoms with E-state index in [0.717, 1.165) is 20.8 Å². The van der Waals surface area contributed by atoms with Gasteiger partial charge in [0.2, 0.25) is 0 Å². The first-order valence-electron chi connectivity index (χ1n) is 14.5. The van der Waals surface area contributed by atoms with Crippen molar-refractivity contribution < 1.29 is 66.6 Å². The fourth-order valence-electron chi connectivity index (χ4n) is 5.11. The van der Waals surface area contributed by atoms with Gasteiger partial charge in [-0.25, -0.2) is 9.59 Å². The van der Waals surface area contributed by atoms with Crippen LogP contribution in [0.25, 0.3) is 0 Å². The zero-order valence-corrected chi connectivity index (χ0v) is 25.9. The lowest BCUT2D eigenvalue weighted by Gasteiger charge is -2.46. The van der Waals surface area contributed by atoms with E-state index in [-0.39, 0.29) is 17.7 Å². The van der Waals surface area contributed by atoms with Gasteiger partial charge in [0.25, 0.3) is 0 Å². The van der Waals surface area contributed by atoms with E-state index in [1.54, 1.807) is 55.5 Å². The van der Waals surface area contributed by atoms with Gasteiger partial charge in [-0.2, -0.15) is 0 Å². The van der Waals surface area contributed by atoms with Crippen molar-refractivity contribution in [2.45, 2.75) is 83.0 Å². The van der Waals surface area contributed by atoms with Crippen molar-refractivity contribution in [1.82, 2.24) is 0 Å². The number of hydrogen-bond acceptors (Lipinski definition) is 14. The minimum absolute atomic E-state index is 0.203. The Morgan fingerprint density at radius 3 is 1.57 bits per heavy atom. The molecule has 14 nitrogen and oxygen atoms in total. The predicted octanol–water partition coefficient (Wildman–Crippen LogP) is 2.37. The Morgan fingerprint density at radius 1 is 0.609 bits per heavy atom. The number of methoxy groups -OCH3 is 1. The third-order valence-corrected chi connectivity index (χ3v) is 7.06. The van der Waals surface area contributed by atoms with Crippen LogP contribution in [0.3, 0.4) is 0 Å². The summed E-state index contributed by atoms with van der Waals surface area (Å²) in [5, 5.41) is 0. The number of esters is 5. The Morgan fingerprint density at radius 2 is 1.07 bits per heavy atom. The lowest BCUT2D eigenvalue weighted by Crippen LogP contribution is -2.64. The zero-order valence-electron chi connectivity index (χ0n) is 25.9. The molecular formula is C32H36O14. The number of rotatable bonds is 10. The maximum atomic E-state index is 13.3. The third-order valence-electron chi connectivity index (χ3n) is 7.06. The minimum atomic E-state index is -1.47. The number of hydrogen-bond donors (Lipinski definition) is 0. The minimum Gasteiger partial charge on any atom is -0.456 e. The van der Waals surface area contributed by atoms with Crippen molar-refractivity contribution in [2.75, 3.05) is 13.7 Å². The van der Waals surface area contributed by atoms with Crippen molar-refractivity contribution in [2.24, 2.45) is 0 Å². The Balaban J connectivity index is 1.69. The molecule has 248 valence electrons. The topological polar surface area (TPSA) is 168 Å². The molecule has 0 unspecified atom stereocenters. The molecule has 14 heteroatoms. The number of carbonyl (C=O) groups is 5. The molecule has 0 aromatic heterocycles. The largest absolute Gasteiger partial charge is 0.456 e. The lowest BCUT2D eigenvalue weighted by atomic mass is 9.98. The monoisotopic (exact) mass is 644 g/mol. The maximum absolute atomic E-state index is 13.3. The summed E-state index contributed by atoms with van der Waals surface area (Å²) in [7, 11) is 1.33. The molecule has 2 aliphatic heterocycles. The van der Waals surface area contributed by atoms with E-state index in [2.05, 4.69) is 0 Å². The Bertz CT molecular complexity index is 1370. The molecule has 2 fully saturated rings. The van der Waals surface area contributed by atoms with Crippen LogP contribution in [0.15, 0.2) is 60.7 Å². The van der Waals surface area contributed by atoms with Crippen molar-refractivity contribution in [3.8, 4) is 0 Å². The number of benzene rings is 2. The van der Waals surface area contributed by atoms with Gasteiger partial charge in [-0.05, 0) is 31.2 Å². The fourth-order valence-corrected chi connectivity index (χ4v) is 5.11. The summed E-state index contributed by atoms with van der Waals surface area (Å²) in [5.74, 6) is -3.74. The first-order chi connectivity index (χ1) is 22.0. The zero-order chi connectivity index (χ0) is 33.4. The van der Waals surface area contributed by atoms with Crippen LogP contribution >= 0.6 is 0 Å². The van der Waals surface area contributed by atoms with Crippen molar-refractivity contribution in [3.05, 3.63) is 71.8 Å². The molecule has 9 atom stereocenters. The summed E-state index contributed by atoms with van der Waals surface area (Å²) in [6.45, 7) is 4.69. The summed E-state index contributed by atoms with van der Waals surface area (Å²) in [5.41, 5.74) is 0.419. The Labute approximate surface area is 265 Å². The van der Waals surface area contributed by atoms with E-state index in [4.69, 9.17) is 42.6 Å². The van der Waals surface area contributed by atoms with Crippen LogP contribution in [0, 0.1) is 0 Å². The summed E-state index contributed by atoms with van der Waals surface area (Å²) < 4.78 is 51.5.